The molecule has 5 heavy (non-hydrogen) atoms. The molecule has 1 rings (SSSR count). The van der Waals surface area contributed by atoms with Crippen LogP contribution in [-0.2, 0) is 4.74 Å². The zero-order valence-electron chi connectivity index (χ0n) is 2.73. The topological polar surface area (TPSA) is 21.3 Å². The molecule has 0 aromatic heterocycles. The van der Waals surface area contributed by atoms with Gasteiger partial charge in [0.25, 0.3) is 0 Å². The molecule has 1 heterocycles. The molecule has 1 aliphatic heterocycles. The summed E-state index contributed by atoms with van der Waals surface area (Å²) in [6.07, 6.45) is 0. The van der Waals surface area contributed by atoms with Crippen molar-refractivity contribution in [2.75, 3.05) is 13.5 Å². The molecule has 0 radical (unpaired) electrons. The van der Waals surface area contributed by atoms with E-state index < -0.39 is 0 Å². The molecule has 0 saturated carbocycles. The van der Waals surface area contributed by atoms with Gasteiger partial charge < -0.3 is 4.74 Å². The smallest absolute Gasteiger partial charge is 0.100 e. The van der Waals surface area contributed by atoms with Crippen LogP contribution in [0, 0.1) is 0 Å². The molecule has 1 aliphatic rings. The maximum absolute atomic E-state index is 4.61. The van der Waals surface area contributed by atoms with Gasteiger partial charge in [-0.2, -0.15) is 0 Å². The first kappa shape index (κ1) is 5.21. The number of ether oxygens (including phenoxy) is 1. The Morgan fingerprint density at radius 1 is 1.40 bits per heavy atom. The average Bonchev–Trinajstić information content (AvgIpc) is 0.722. The summed E-state index contributed by atoms with van der Waals surface area (Å²) in [6.45, 7) is 1.50. The Balaban J connectivity index is 0.000000160. The normalized spacial score (nSPS) is 19.2. The van der Waals surface area contributed by atoms with Crippen molar-refractivity contribution in [3.8, 4) is 0 Å². The van der Waals surface area contributed by atoms with Crippen molar-refractivity contribution in [3.05, 3.63) is 0 Å². The Morgan fingerprint density at radius 2 is 1.60 bits per heavy atom. The molecule has 32 valence electrons. The van der Waals surface area contributed by atoms with Crippen LogP contribution in [0.2, 0.25) is 0 Å². The minimum absolute atomic E-state index is 0. The van der Waals surface area contributed by atoms with Crippen LogP contribution in [0.3, 0.4) is 0 Å². The lowest BCUT2D eigenvalue weighted by Gasteiger charge is -2.12. The van der Waals surface area contributed by atoms with Gasteiger partial charge in [-0.25, -0.2) is 0 Å². The van der Waals surface area contributed by atoms with Crippen LogP contribution in [0.1, 0.15) is 0 Å². The van der Waals surface area contributed by atoms with Gasteiger partial charge in [0.05, 0.1) is 0 Å². The fraction of sp³-hybridized carbons (Fsp3) is 1.00. The lowest BCUT2D eigenvalue weighted by molar-refractivity contribution is -0.00257. The van der Waals surface area contributed by atoms with Crippen LogP contribution in [0.4, 0.5) is 0 Å². The van der Waals surface area contributed by atoms with E-state index in [4.69, 9.17) is 0 Å². The van der Waals surface area contributed by atoms with Crippen molar-refractivity contribution >= 4 is 12.4 Å². The van der Waals surface area contributed by atoms with Gasteiger partial charge >= 0.3 is 0 Å². The van der Waals surface area contributed by atoms with Crippen molar-refractivity contribution in [2.24, 2.45) is 0 Å². The van der Waals surface area contributed by atoms with Gasteiger partial charge in [-0.3, -0.25) is 5.32 Å². The third-order valence-electron chi connectivity index (χ3n) is 0.408. The lowest BCUT2D eigenvalue weighted by atomic mass is 11.0. The summed E-state index contributed by atoms with van der Waals surface area (Å²) < 4.78 is 4.61. The maximum atomic E-state index is 4.61. The highest BCUT2D eigenvalue weighted by molar-refractivity contribution is 5.85. The molecule has 1 fully saturated rings. The van der Waals surface area contributed by atoms with E-state index in [2.05, 4.69) is 10.1 Å². The Kier molecular flexibility index (Phi) is 2.55. The standard InChI is InChI=1S/C2H5NO.ClH/c1-3-2-4-1;/h3H,1-2H2;1H. The number of rotatable bonds is 0. The largest absolute Gasteiger partial charge is 0.351 e. The SMILES string of the molecule is C1NCO1.Cl. The minimum Gasteiger partial charge on any atom is -0.351 e. The molecule has 0 aromatic rings. The molecule has 0 spiro atoms. The van der Waals surface area contributed by atoms with E-state index in [1.807, 2.05) is 0 Å². The Labute approximate surface area is 36.9 Å². The van der Waals surface area contributed by atoms with E-state index in [9.17, 15) is 0 Å². The fourth-order valence-corrected chi connectivity index (χ4v) is 0.102. The van der Waals surface area contributed by atoms with Crippen LogP contribution in [-0.4, -0.2) is 13.5 Å². The zero-order valence-corrected chi connectivity index (χ0v) is 3.55. The molecule has 3 heteroatoms. The summed E-state index contributed by atoms with van der Waals surface area (Å²) in [5.74, 6) is 0. The highest BCUT2D eigenvalue weighted by Gasteiger charge is 1.91. The molecule has 0 aliphatic carbocycles. The summed E-state index contributed by atoms with van der Waals surface area (Å²) in [4.78, 5) is 0. The second kappa shape index (κ2) is 2.45. The summed E-state index contributed by atoms with van der Waals surface area (Å²) in [7, 11) is 0. The summed E-state index contributed by atoms with van der Waals surface area (Å²) in [6, 6.07) is 0. The quantitative estimate of drug-likeness (QED) is 0.455. The Hall–Kier alpha value is 0.210. The Bertz CT molecular complexity index is 17.6. The van der Waals surface area contributed by atoms with E-state index in [-0.39, 0.29) is 12.4 Å². The van der Waals surface area contributed by atoms with Crippen LogP contribution in [0.5, 0.6) is 0 Å². The van der Waals surface area contributed by atoms with Crippen molar-refractivity contribution in [2.45, 2.75) is 0 Å². The predicted octanol–water partition coefficient (Wildman–Crippen LogP) is -0.0570. The van der Waals surface area contributed by atoms with Gasteiger partial charge in [0.15, 0.2) is 0 Å². The predicted molar refractivity (Wildman–Crippen MR) is 21.2 cm³/mol. The highest BCUT2D eigenvalue weighted by atomic mass is 35.5. The maximum Gasteiger partial charge on any atom is 0.100 e. The van der Waals surface area contributed by atoms with Crippen molar-refractivity contribution in [1.29, 1.82) is 0 Å². The first-order valence-corrected chi connectivity index (χ1v) is 1.28. The molecule has 0 aromatic carbocycles. The first-order valence-electron chi connectivity index (χ1n) is 1.28. The van der Waals surface area contributed by atoms with Gasteiger partial charge in [0.2, 0.25) is 0 Å². The van der Waals surface area contributed by atoms with E-state index in [1.165, 1.54) is 0 Å². The van der Waals surface area contributed by atoms with Gasteiger partial charge in [0.1, 0.15) is 13.5 Å². The third kappa shape index (κ3) is 1.16. The molecule has 0 bridgehead atoms. The third-order valence-corrected chi connectivity index (χ3v) is 0.408. The van der Waals surface area contributed by atoms with Crippen LogP contribution < -0.4 is 5.32 Å². The van der Waals surface area contributed by atoms with Gasteiger partial charge in [-0.15, -0.1) is 12.4 Å². The van der Waals surface area contributed by atoms with E-state index in [1.54, 1.807) is 0 Å². The van der Waals surface area contributed by atoms with Gasteiger partial charge in [0, 0.05) is 0 Å². The summed E-state index contributed by atoms with van der Waals surface area (Å²) in [5.41, 5.74) is 0. The second-order valence-electron chi connectivity index (χ2n) is 0.743. The number of hydrogen-bond acceptors (Lipinski definition) is 2. The van der Waals surface area contributed by atoms with Crippen LogP contribution in [0.25, 0.3) is 0 Å². The number of halogens is 1. The molecule has 2 nitrogen and oxygen atoms in total. The molecule has 1 saturated heterocycles. The second-order valence-corrected chi connectivity index (χ2v) is 0.743. The Morgan fingerprint density at radius 3 is 1.60 bits per heavy atom. The van der Waals surface area contributed by atoms with Gasteiger partial charge in [-0.1, -0.05) is 0 Å². The lowest BCUT2D eigenvalue weighted by Crippen LogP contribution is -2.33. The molecule has 0 atom stereocenters. The first-order chi connectivity index (χ1) is 2.00. The fourth-order valence-electron chi connectivity index (χ4n) is 0.102. The zero-order chi connectivity index (χ0) is 2.83. The highest BCUT2D eigenvalue weighted by Crippen LogP contribution is 1.73. The van der Waals surface area contributed by atoms with Gasteiger partial charge in [-0.05, 0) is 0 Å². The van der Waals surface area contributed by atoms with Crippen LogP contribution >= 0.6 is 12.4 Å². The minimum atomic E-state index is 0. The monoisotopic (exact) mass is 95.0 g/mol. The van der Waals surface area contributed by atoms with E-state index >= 15 is 0 Å². The van der Waals surface area contributed by atoms with E-state index in [0.29, 0.717) is 0 Å². The average molecular weight is 95.5 g/mol. The van der Waals surface area contributed by atoms with Crippen molar-refractivity contribution in [1.82, 2.24) is 5.32 Å². The van der Waals surface area contributed by atoms with Crippen molar-refractivity contribution in [3.63, 3.8) is 0 Å². The molecule has 0 unspecified atom stereocenters. The molecule has 1 N–H and O–H groups in total. The summed E-state index contributed by atoms with van der Waals surface area (Å²) >= 11 is 0. The molecule has 0 amide bonds. The summed E-state index contributed by atoms with van der Waals surface area (Å²) in [5, 5.41) is 2.89. The van der Waals surface area contributed by atoms with Crippen LogP contribution in [0.15, 0.2) is 0 Å². The van der Waals surface area contributed by atoms with Crippen molar-refractivity contribution < 1.29 is 4.74 Å². The molecular formula is C2H6ClNO. The number of hydrogen-bond donors (Lipinski definition) is 1. The van der Waals surface area contributed by atoms with E-state index in [0.717, 1.165) is 13.5 Å². The molecular weight excluding hydrogens is 89.5 g/mol. The number of nitrogens with one attached hydrogen (secondary N) is 1.